The first-order valence-corrected chi connectivity index (χ1v) is 7.49. The summed E-state index contributed by atoms with van der Waals surface area (Å²) < 4.78 is 0. The Morgan fingerprint density at radius 3 is 2.30 bits per heavy atom. The first-order valence-electron chi connectivity index (χ1n) is 7.49. The fraction of sp³-hybridized carbons (Fsp3) is 0.857. The van der Waals surface area contributed by atoms with Crippen LogP contribution in [0.2, 0.25) is 0 Å². The molecule has 2 aliphatic rings. The van der Waals surface area contributed by atoms with Gasteiger partial charge >= 0.3 is 12.0 Å². The van der Waals surface area contributed by atoms with E-state index in [2.05, 4.69) is 12.2 Å². The lowest BCUT2D eigenvalue weighted by Gasteiger charge is -2.37. The molecule has 1 aliphatic carbocycles. The smallest absolute Gasteiger partial charge is 0.320 e. The standard InChI is InChI=1S/C14H25N3O3/c1-10(9-12-3-4-12)15-14(20)17-7-5-16(6-8-17)11(2)13(18)19/h10-12H,3-9H2,1-2H3,(H,15,20)(H,18,19). The summed E-state index contributed by atoms with van der Waals surface area (Å²) in [7, 11) is 0. The Morgan fingerprint density at radius 2 is 1.80 bits per heavy atom. The van der Waals surface area contributed by atoms with E-state index >= 15 is 0 Å². The first-order chi connectivity index (χ1) is 9.47. The van der Waals surface area contributed by atoms with Crippen LogP contribution in [0.5, 0.6) is 0 Å². The van der Waals surface area contributed by atoms with Gasteiger partial charge in [0.05, 0.1) is 0 Å². The number of carbonyl (C=O) groups is 2. The molecule has 2 unspecified atom stereocenters. The molecular formula is C14H25N3O3. The van der Waals surface area contributed by atoms with E-state index in [0.717, 1.165) is 12.3 Å². The molecule has 20 heavy (non-hydrogen) atoms. The number of nitrogens with one attached hydrogen (secondary N) is 1. The number of amides is 2. The van der Waals surface area contributed by atoms with Crippen LogP contribution in [0.15, 0.2) is 0 Å². The van der Waals surface area contributed by atoms with E-state index in [1.807, 2.05) is 4.90 Å². The van der Waals surface area contributed by atoms with Gasteiger partial charge in [-0.15, -0.1) is 0 Å². The Bertz CT molecular complexity index is 363. The van der Waals surface area contributed by atoms with Crippen molar-refractivity contribution in [1.29, 1.82) is 0 Å². The Balaban J connectivity index is 1.72. The fourth-order valence-corrected chi connectivity index (χ4v) is 2.68. The highest BCUT2D eigenvalue weighted by Crippen LogP contribution is 2.33. The summed E-state index contributed by atoms with van der Waals surface area (Å²) in [5, 5.41) is 12.0. The van der Waals surface area contributed by atoms with Crippen molar-refractivity contribution in [1.82, 2.24) is 15.1 Å². The lowest BCUT2D eigenvalue weighted by atomic mass is 10.1. The maximum absolute atomic E-state index is 12.1. The minimum Gasteiger partial charge on any atom is -0.480 e. The molecule has 0 aromatic heterocycles. The van der Waals surface area contributed by atoms with Crippen molar-refractivity contribution in [2.75, 3.05) is 26.2 Å². The molecule has 6 heteroatoms. The van der Waals surface area contributed by atoms with Gasteiger partial charge in [-0.2, -0.15) is 0 Å². The molecule has 2 atom stereocenters. The Labute approximate surface area is 120 Å². The zero-order valence-corrected chi connectivity index (χ0v) is 12.3. The molecule has 0 spiro atoms. The molecule has 0 bridgehead atoms. The molecule has 6 nitrogen and oxygen atoms in total. The van der Waals surface area contributed by atoms with E-state index in [1.165, 1.54) is 12.8 Å². The summed E-state index contributed by atoms with van der Waals surface area (Å²) in [5.74, 6) is -0.000444. The fourth-order valence-electron chi connectivity index (χ4n) is 2.68. The molecule has 2 N–H and O–H groups in total. The molecular weight excluding hydrogens is 258 g/mol. The van der Waals surface area contributed by atoms with Gasteiger partial charge in [-0.25, -0.2) is 4.79 Å². The van der Waals surface area contributed by atoms with Gasteiger partial charge in [0, 0.05) is 32.2 Å². The van der Waals surface area contributed by atoms with E-state index in [9.17, 15) is 9.59 Å². The Hall–Kier alpha value is -1.30. The molecule has 1 saturated heterocycles. The van der Waals surface area contributed by atoms with E-state index < -0.39 is 12.0 Å². The van der Waals surface area contributed by atoms with E-state index in [0.29, 0.717) is 26.2 Å². The second-order valence-electron chi connectivity index (χ2n) is 6.07. The summed E-state index contributed by atoms with van der Waals surface area (Å²) in [6, 6.07) is -0.263. The molecule has 0 radical (unpaired) electrons. The van der Waals surface area contributed by atoms with Crippen molar-refractivity contribution >= 4 is 12.0 Å². The third-order valence-electron chi connectivity index (χ3n) is 4.26. The molecule has 0 aromatic carbocycles. The third-order valence-corrected chi connectivity index (χ3v) is 4.26. The number of rotatable bonds is 5. The summed E-state index contributed by atoms with van der Waals surface area (Å²) in [4.78, 5) is 26.7. The number of hydrogen-bond acceptors (Lipinski definition) is 3. The van der Waals surface area contributed by atoms with Gasteiger partial charge in [0.15, 0.2) is 0 Å². The van der Waals surface area contributed by atoms with E-state index in [-0.39, 0.29) is 12.1 Å². The van der Waals surface area contributed by atoms with Crippen molar-refractivity contribution in [3.63, 3.8) is 0 Å². The lowest BCUT2D eigenvalue weighted by Crippen LogP contribution is -2.55. The second-order valence-corrected chi connectivity index (χ2v) is 6.07. The van der Waals surface area contributed by atoms with Gasteiger partial charge in [-0.3, -0.25) is 9.69 Å². The molecule has 1 aliphatic heterocycles. The van der Waals surface area contributed by atoms with Crippen LogP contribution < -0.4 is 5.32 Å². The van der Waals surface area contributed by atoms with Crippen LogP contribution in [0, 0.1) is 5.92 Å². The highest BCUT2D eigenvalue weighted by atomic mass is 16.4. The number of piperazine rings is 1. The number of nitrogens with zero attached hydrogens (tertiary/aromatic N) is 2. The number of aliphatic carboxylic acids is 1. The highest BCUT2D eigenvalue weighted by Gasteiger charge is 2.28. The Morgan fingerprint density at radius 1 is 1.20 bits per heavy atom. The topological polar surface area (TPSA) is 72.9 Å². The minimum atomic E-state index is -0.805. The minimum absolute atomic E-state index is 0.0132. The van der Waals surface area contributed by atoms with Crippen molar-refractivity contribution < 1.29 is 14.7 Å². The molecule has 2 amide bonds. The Kier molecular flexibility index (Phi) is 4.86. The SMILES string of the molecule is CC(CC1CC1)NC(=O)N1CCN(C(C)C(=O)O)CC1. The number of carboxylic acids is 1. The zero-order chi connectivity index (χ0) is 14.7. The molecule has 114 valence electrons. The normalized spacial score (nSPS) is 23.2. The van der Waals surface area contributed by atoms with Crippen molar-refractivity contribution in [3.8, 4) is 0 Å². The van der Waals surface area contributed by atoms with Crippen LogP contribution in [0.25, 0.3) is 0 Å². The van der Waals surface area contributed by atoms with Crippen LogP contribution in [0.4, 0.5) is 4.79 Å². The van der Waals surface area contributed by atoms with Crippen molar-refractivity contribution in [2.24, 2.45) is 5.92 Å². The monoisotopic (exact) mass is 283 g/mol. The predicted octanol–water partition coefficient (Wildman–Crippen LogP) is 0.975. The molecule has 2 rings (SSSR count). The van der Waals surface area contributed by atoms with Crippen LogP contribution in [-0.4, -0.2) is 65.2 Å². The van der Waals surface area contributed by atoms with Gasteiger partial charge in [0.1, 0.15) is 6.04 Å². The zero-order valence-electron chi connectivity index (χ0n) is 12.3. The lowest BCUT2D eigenvalue weighted by molar-refractivity contribution is -0.143. The van der Waals surface area contributed by atoms with Crippen LogP contribution in [0.3, 0.4) is 0 Å². The average molecular weight is 283 g/mol. The highest BCUT2D eigenvalue weighted by molar-refractivity contribution is 5.75. The summed E-state index contributed by atoms with van der Waals surface area (Å²) in [6.07, 6.45) is 3.67. The first kappa shape index (κ1) is 15.1. The van der Waals surface area contributed by atoms with Gasteiger partial charge in [-0.1, -0.05) is 12.8 Å². The second kappa shape index (κ2) is 6.43. The molecule has 0 aromatic rings. The van der Waals surface area contributed by atoms with Crippen molar-refractivity contribution in [2.45, 2.75) is 45.2 Å². The third kappa shape index (κ3) is 4.10. The van der Waals surface area contributed by atoms with Crippen LogP contribution >= 0.6 is 0 Å². The number of carboxylic acid groups (broad SMARTS) is 1. The number of hydrogen-bond donors (Lipinski definition) is 2. The molecule has 2 fully saturated rings. The summed E-state index contributed by atoms with van der Waals surface area (Å²) >= 11 is 0. The molecule has 1 heterocycles. The average Bonchev–Trinajstić information content (AvgIpc) is 3.21. The number of urea groups is 1. The van der Waals surface area contributed by atoms with Crippen LogP contribution in [-0.2, 0) is 4.79 Å². The largest absolute Gasteiger partial charge is 0.480 e. The van der Waals surface area contributed by atoms with Gasteiger partial charge < -0.3 is 15.3 Å². The van der Waals surface area contributed by atoms with Crippen LogP contribution in [0.1, 0.15) is 33.1 Å². The summed E-state index contributed by atoms with van der Waals surface area (Å²) in [6.45, 7) is 6.18. The van der Waals surface area contributed by atoms with E-state index in [1.54, 1.807) is 11.8 Å². The van der Waals surface area contributed by atoms with Crippen molar-refractivity contribution in [3.05, 3.63) is 0 Å². The quantitative estimate of drug-likeness (QED) is 0.789. The van der Waals surface area contributed by atoms with Gasteiger partial charge in [0.25, 0.3) is 0 Å². The molecule has 1 saturated carbocycles. The maximum atomic E-state index is 12.1. The summed E-state index contributed by atoms with van der Waals surface area (Å²) in [5.41, 5.74) is 0. The number of carbonyl (C=O) groups excluding carboxylic acids is 1. The van der Waals surface area contributed by atoms with Gasteiger partial charge in [0.2, 0.25) is 0 Å². The van der Waals surface area contributed by atoms with Gasteiger partial charge in [-0.05, 0) is 26.2 Å². The van der Waals surface area contributed by atoms with E-state index in [4.69, 9.17) is 5.11 Å². The predicted molar refractivity (Wildman–Crippen MR) is 75.6 cm³/mol. The maximum Gasteiger partial charge on any atom is 0.320 e.